The lowest BCUT2D eigenvalue weighted by Crippen LogP contribution is -2.54. The quantitative estimate of drug-likeness (QED) is 0.807. The molecule has 2 N–H and O–H groups in total. The summed E-state index contributed by atoms with van der Waals surface area (Å²) in [5, 5.41) is 19.6. The molecule has 0 aliphatic carbocycles. The number of nitrogens with zero attached hydrogens (tertiary/aromatic N) is 2. The Morgan fingerprint density at radius 2 is 2.24 bits per heavy atom. The smallest absolute Gasteiger partial charge is 0.141 e. The summed E-state index contributed by atoms with van der Waals surface area (Å²) in [6.45, 7) is 2.57. The van der Waals surface area contributed by atoms with Crippen LogP contribution >= 0.6 is 0 Å². The van der Waals surface area contributed by atoms with Crippen molar-refractivity contribution in [1.82, 2.24) is 4.98 Å². The average Bonchev–Trinajstić information content (AvgIpc) is 2.34. The van der Waals surface area contributed by atoms with Gasteiger partial charge in [0.05, 0.1) is 18.3 Å². The Bertz CT molecular complexity index is 371. The molecular formula is C12H17FN2O2. The lowest BCUT2D eigenvalue weighted by molar-refractivity contribution is -0.0168. The van der Waals surface area contributed by atoms with Gasteiger partial charge in [0.25, 0.3) is 0 Å². The highest BCUT2D eigenvalue weighted by atomic mass is 19.1. The number of rotatable bonds is 2. The molecule has 3 atom stereocenters. The van der Waals surface area contributed by atoms with E-state index in [1.165, 1.54) is 12.3 Å². The molecule has 0 amide bonds. The Morgan fingerprint density at radius 1 is 1.47 bits per heavy atom. The molecular weight excluding hydrogens is 223 g/mol. The molecule has 5 heteroatoms. The molecule has 0 bridgehead atoms. The topological polar surface area (TPSA) is 56.6 Å². The number of hydrogen-bond donors (Lipinski definition) is 2. The van der Waals surface area contributed by atoms with Crippen molar-refractivity contribution in [3.8, 4) is 0 Å². The van der Waals surface area contributed by atoms with E-state index in [9.17, 15) is 14.6 Å². The van der Waals surface area contributed by atoms with E-state index in [1.807, 2.05) is 11.8 Å². The first-order valence-corrected chi connectivity index (χ1v) is 5.87. The van der Waals surface area contributed by atoms with Crippen molar-refractivity contribution in [2.75, 3.05) is 11.4 Å². The van der Waals surface area contributed by atoms with Crippen molar-refractivity contribution >= 4 is 5.82 Å². The van der Waals surface area contributed by atoms with Crippen molar-refractivity contribution in [2.24, 2.45) is 0 Å². The Labute approximate surface area is 99.7 Å². The molecule has 0 radical (unpaired) electrons. The van der Waals surface area contributed by atoms with Crippen LogP contribution in [-0.4, -0.2) is 40.0 Å². The first-order chi connectivity index (χ1) is 8.13. The van der Waals surface area contributed by atoms with Crippen molar-refractivity contribution < 1.29 is 14.6 Å². The summed E-state index contributed by atoms with van der Waals surface area (Å²) in [5.41, 5.74) is 0. The molecule has 3 unspecified atom stereocenters. The third-order valence-electron chi connectivity index (χ3n) is 3.28. The summed E-state index contributed by atoms with van der Waals surface area (Å²) in [7, 11) is 0. The number of anilines is 1. The second-order valence-corrected chi connectivity index (χ2v) is 4.35. The second kappa shape index (κ2) is 4.98. The molecule has 1 saturated heterocycles. The number of aromatic nitrogens is 1. The van der Waals surface area contributed by atoms with Gasteiger partial charge in [0, 0.05) is 6.54 Å². The Morgan fingerprint density at radius 3 is 2.82 bits per heavy atom. The first-order valence-electron chi connectivity index (χ1n) is 5.87. The number of hydrogen-bond acceptors (Lipinski definition) is 4. The van der Waals surface area contributed by atoms with Crippen molar-refractivity contribution in [3.63, 3.8) is 0 Å². The van der Waals surface area contributed by atoms with E-state index >= 15 is 0 Å². The van der Waals surface area contributed by atoms with Gasteiger partial charge in [-0.1, -0.05) is 6.92 Å². The molecule has 1 aromatic heterocycles. The van der Waals surface area contributed by atoms with E-state index in [4.69, 9.17) is 0 Å². The molecule has 1 aliphatic heterocycles. The molecule has 1 aliphatic rings. The molecule has 94 valence electrons. The van der Waals surface area contributed by atoms with Crippen LogP contribution in [0.25, 0.3) is 0 Å². The van der Waals surface area contributed by atoms with Crippen LogP contribution in [0.3, 0.4) is 0 Å². The highest BCUT2D eigenvalue weighted by Crippen LogP contribution is 2.25. The van der Waals surface area contributed by atoms with Crippen LogP contribution in [0.1, 0.15) is 19.8 Å². The van der Waals surface area contributed by atoms with Crippen LogP contribution < -0.4 is 4.90 Å². The number of aliphatic hydroxyl groups excluding tert-OH is 2. The van der Waals surface area contributed by atoms with Gasteiger partial charge >= 0.3 is 0 Å². The highest BCUT2D eigenvalue weighted by molar-refractivity contribution is 5.40. The van der Waals surface area contributed by atoms with Gasteiger partial charge in [-0.25, -0.2) is 9.37 Å². The van der Waals surface area contributed by atoms with Crippen molar-refractivity contribution in [1.29, 1.82) is 0 Å². The molecule has 2 rings (SSSR count). The van der Waals surface area contributed by atoms with E-state index in [-0.39, 0.29) is 11.9 Å². The third kappa shape index (κ3) is 2.40. The fraction of sp³-hybridized carbons (Fsp3) is 0.583. The highest BCUT2D eigenvalue weighted by Gasteiger charge is 2.35. The minimum atomic E-state index is -0.777. The van der Waals surface area contributed by atoms with Gasteiger partial charge in [0.15, 0.2) is 0 Å². The lowest BCUT2D eigenvalue weighted by Gasteiger charge is -2.41. The zero-order valence-electron chi connectivity index (χ0n) is 9.75. The predicted molar refractivity (Wildman–Crippen MR) is 62.3 cm³/mol. The summed E-state index contributed by atoms with van der Waals surface area (Å²) >= 11 is 0. The maximum atomic E-state index is 12.8. The summed E-state index contributed by atoms with van der Waals surface area (Å²) in [4.78, 5) is 5.95. The van der Waals surface area contributed by atoms with Crippen molar-refractivity contribution in [3.05, 3.63) is 24.1 Å². The summed E-state index contributed by atoms with van der Waals surface area (Å²) in [5.74, 6) is 0.267. The maximum absolute atomic E-state index is 12.8. The zero-order valence-corrected chi connectivity index (χ0v) is 9.75. The molecule has 4 nitrogen and oxygen atoms in total. The van der Waals surface area contributed by atoms with Gasteiger partial charge in [-0.3, -0.25) is 0 Å². The minimum absolute atomic E-state index is 0.170. The largest absolute Gasteiger partial charge is 0.390 e. The van der Waals surface area contributed by atoms with Crippen LogP contribution in [0.4, 0.5) is 10.2 Å². The molecule has 1 fully saturated rings. The van der Waals surface area contributed by atoms with Crippen molar-refractivity contribution in [2.45, 2.75) is 38.0 Å². The molecule has 0 aromatic carbocycles. The van der Waals surface area contributed by atoms with E-state index in [0.717, 1.165) is 0 Å². The van der Waals surface area contributed by atoms with Crippen LogP contribution in [0.2, 0.25) is 0 Å². The van der Waals surface area contributed by atoms with Gasteiger partial charge in [-0.15, -0.1) is 0 Å². The van der Waals surface area contributed by atoms with E-state index in [2.05, 4.69) is 4.98 Å². The Kier molecular flexibility index (Phi) is 3.59. The fourth-order valence-corrected chi connectivity index (χ4v) is 2.33. The molecule has 0 spiro atoms. The van der Waals surface area contributed by atoms with Gasteiger partial charge < -0.3 is 15.1 Å². The summed E-state index contributed by atoms with van der Waals surface area (Å²) < 4.78 is 12.8. The van der Waals surface area contributed by atoms with Crippen LogP contribution in [0.15, 0.2) is 18.3 Å². The number of aliphatic hydroxyl groups is 2. The number of halogens is 1. The minimum Gasteiger partial charge on any atom is -0.390 e. The van der Waals surface area contributed by atoms with Crippen LogP contribution in [0.5, 0.6) is 0 Å². The molecule has 2 heterocycles. The van der Waals surface area contributed by atoms with E-state index in [1.54, 1.807) is 6.07 Å². The third-order valence-corrected chi connectivity index (χ3v) is 3.28. The van der Waals surface area contributed by atoms with Gasteiger partial charge in [0.2, 0.25) is 0 Å². The van der Waals surface area contributed by atoms with Crippen LogP contribution in [0, 0.1) is 5.82 Å². The van der Waals surface area contributed by atoms with Gasteiger partial charge in [-0.05, 0) is 25.0 Å². The summed E-state index contributed by atoms with van der Waals surface area (Å²) in [6.07, 6.45) is 0.908. The van der Waals surface area contributed by atoms with Gasteiger partial charge in [0.1, 0.15) is 17.7 Å². The molecule has 0 saturated carbocycles. The van der Waals surface area contributed by atoms with E-state index < -0.39 is 12.2 Å². The second-order valence-electron chi connectivity index (χ2n) is 4.35. The monoisotopic (exact) mass is 240 g/mol. The zero-order chi connectivity index (χ0) is 12.4. The summed E-state index contributed by atoms with van der Waals surface area (Å²) in [6, 6.07) is 2.78. The first kappa shape index (κ1) is 12.3. The standard InChI is InChI=1S/C12H17FN2O2/c1-2-9-12(17)10(16)5-6-15(9)11-4-3-8(13)7-14-11/h3-4,7,9-10,12,16-17H,2,5-6H2,1H3. The van der Waals surface area contributed by atoms with E-state index in [0.29, 0.717) is 25.2 Å². The normalized spacial score (nSPS) is 29.4. The maximum Gasteiger partial charge on any atom is 0.141 e. The SMILES string of the molecule is CCC1C(O)C(O)CCN1c1ccc(F)cn1. The molecule has 17 heavy (non-hydrogen) atoms. The lowest BCUT2D eigenvalue weighted by atomic mass is 9.94. The van der Waals surface area contributed by atoms with Gasteiger partial charge in [-0.2, -0.15) is 0 Å². The Balaban J connectivity index is 2.22. The fourth-order valence-electron chi connectivity index (χ4n) is 2.33. The average molecular weight is 240 g/mol. The Hall–Kier alpha value is -1.20. The number of pyridine rings is 1. The number of piperidine rings is 1. The predicted octanol–water partition coefficient (Wildman–Crippen LogP) is 0.931. The van der Waals surface area contributed by atoms with Crippen LogP contribution in [-0.2, 0) is 0 Å². The molecule has 1 aromatic rings.